The first kappa shape index (κ1) is 30.2. The zero-order valence-electron chi connectivity index (χ0n) is 28.8. The van der Waals surface area contributed by atoms with Crippen molar-refractivity contribution in [3.05, 3.63) is 186 Å². The normalized spacial score (nSPS) is 18.0. The molecule has 0 fully saturated rings. The highest BCUT2D eigenvalue weighted by Gasteiger charge is 2.46. The number of aromatic nitrogens is 2. The first-order valence-electron chi connectivity index (χ1n) is 18.5. The lowest BCUT2D eigenvalue weighted by Crippen LogP contribution is -2.63. The molecule has 246 valence electrons. The van der Waals surface area contributed by atoms with Crippen LogP contribution in [0.15, 0.2) is 175 Å². The van der Waals surface area contributed by atoms with Gasteiger partial charge >= 0.3 is 0 Å². The molecule has 10 rings (SSSR count). The van der Waals surface area contributed by atoms with E-state index in [1.54, 1.807) is 0 Å². The minimum Gasteiger partial charge on any atom is -0.310 e. The quantitative estimate of drug-likeness (QED) is 0.156. The summed E-state index contributed by atoms with van der Waals surface area (Å²) in [6.45, 7) is 0. The monoisotopic (exact) mass is 672 g/mol. The van der Waals surface area contributed by atoms with E-state index in [2.05, 4.69) is 185 Å². The van der Waals surface area contributed by atoms with Crippen LogP contribution in [0.5, 0.6) is 0 Å². The molecule has 0 radical (unpaired) electrons. The second-order valence-electron chi connectivity index (χ2n) is 14.2. The third-order valence-electron chi connectivity index (χ3n) is 11.5. The van der Waals surface area contributed by atoms with Gasteiger partial charge in [-0.25, -0.2) is 0 Å². The van der Waals surface area contributed by atoms with Crippen LogP contribution in [0.2, 0.25) is 5.54 Å². The Morgan fingerprint density at radius 2 is 1.18 bits per heavy atom. The van der Waals surface area contributed by atoms with Gasteiger partial charge in [0.05, 0.1) is 16.6 Å². The summed E-state index contributed by atoms with van der Waals surface area (Å²) < 4.78 is 5.09. The standard InChI is InChI=1S/C48H40N2Si/c1-4-18-37(19-5-1)51(38-20-6-2-7-21-38,39-22-8-3-9-23-39)40-33-35(49-45-28-14-10-24-41(45)42-25-11-15-29-46(42)49)32-36(34-40)50-47-30-16-12-26-43(47)44-27-13-17-31-48(44)50/h1-2,4-8,10-12,14-20,22-26,28-34,38H,3,9,13,21,27H2. The molecule has 0 spiro atoms. The highest BCUT2D eigenvalue weighted by atomic mass is 28.3. The van der Waals surface area contributed by atoms with E-state index in [1.807, 2.05) is 0 Å². The maximum atomic E-state index is 2.58. The number of nitrogens with zero attached hydrogens (tertiary/aromatic N) is 2. The summed E-state index contributed by atoms with van der Waals surface area (Å²) in [5.41, 5.74) is 9.36. The lowest BCUT2D eigenvalue weighted by atomic mass is 10.0. The first-order chi connectivity index (χ1) is 25.3. The van der Waals surface area contributed by atoms with Crippen LogP contribution in [0.25, 0.3) is 50.2 Å². The van der Waals surface area contributed by atoms with Gasteiger partial charge < -0.3 is 9.13 Å². The minimum atomic E-state index is -2.68. The lowest BCUT2D eigenvalue weighted by Gasteiger charge is -2.41. The molecule has 7 aromatic rings. The van der Waals surface area contributed by atoms with Crippen molar-refractivity contribution in [2.45, 2.75) is 37.6 Å². The molecule has 0 N–H and O–H groups in total. The van der Waals surface area contributed by atoms with Crippen LogP contribution in [0.3, 0.4) is 0 Å². The average molecular weight is 673 g/mol. The third-order valence-corrected chi connectivity index (χ3v) is 16.8. The summed E-state index contributed by atoms with van der Waals surface area (Å²) in [4.78, 5) is 0. The molecule has 2 nitrogen and oxygen atoms in total. The predicted octanol–water partition coefficient (Wildman–Crippen LogP) is 11.0. The van der Waals surface area contributed by atoms with Gasteiger partial charge in [-0.1, -0.05) is 139 Å². The molecule has 0 amide bonds. The van der Waals surface area contributed by atoms with E-state index in [-0.39, 0.29) is 0 Å². The molecule has 0 bridgehead atoms. The van der Waals surface area contributed by atoms with E-state index < -0.39 is 8.07 Å². The number of aryl methyl sites for hydroxylation is 1. The molecule has 2 heterocycles. The molecule has 0 saturated carbocycles. The van der Waals surface area contributed by atoms with E-state index >= 15 is 0 Å². The number of hydrogen-bond donors (Lipinski definition) is 0. The van der Waals surface area contributed by atoms with Crippen molar-refractivity contribution in [2.75, 3.05) is 0 Å². The van der Waals surface area contributed by atoms with Crippen LogP contribution >= 0.6 is 0 Å². The van der Waals surface area contributed by atoms with Crippen molar-refractivity contribution in [2.24, 2.45) is 0 Å². The van der Waals surface area contributed by atoms with Crippen LogP contribution in [0.1, 0.15) is 36.9 Å². The molecule has 3 heteroatoms. The zero-order chi connectivity index (χ0) is 33.8. The van der Waals surface area contributed by atoms with Crippen molar-refractivity contribution in [1.82, 2.24) is 9.13 Å². The summed E-state index contributed by atoms with van der Waals surface area (Å²) in [5.74, 6) is 0. The van der Waals surface area contributed by atoms with E-state index in [9.17, 15) is 0 Å². The fourth-order valence-electron chi connectivity index (χ4n) is 9.40. The van der Waals surface area contributed by atoms with Gasteiger partial charge in [-0.05, 0) is 96.1 Å². The summed E-state index contributed by atoms with van der Waals surface area (Å²) >= 11 is 0. The Morgan fingerprint density at radius 3 is 1.86 bits per heavy atom. The van der Waals surface area contributed by atoms with E-state index in [1.165, 1.54) is 70.9 Å². The smallest absolute Gasteiger partial charge is 0.155 e. The zero-order valence-corrected chi connectivity index (χ0v) is 29.8. The summed E-state index contributed by atoms with van der Waals surface area (Å²) in [7, 11) is -2.68. The lowest BCUT2D eigenvalue weighted by molar-refractivity contribution is 0.966. The van der Waals surface area contributed by atoms with E-state index in [0.29, 0.717) is 5.54 Å². The number of benzene rings is 5. The molecule has 3 aliphatic rings. The number of para-hydroxylation sites is 3. The molecule has 2 unspecified atom stereocenters. The second-order valence-corrected chi connectivity index (χ2v) is 18.3. The molecule has 2 aromatic heterocycles. The van der Waals surface area contributed by atoms with Crippen molar-refractivity contribution >= 4 is 57.2 Å². The maximum Gasteiger partial charge on any atom is 0.155 e. The fourth-order valence-corrected chi connectivity index (χ4v) is 14.9. The summed E-state index contributed by atoms with van der Waals surface area (Å²) in [6.07, 6.45) is 27.0. The average Bonchev–Trinajstić information content (AvgIpc) is 3.73. The van der Waals surface area contributed by atoms with Crippen molar-refractivity contribution < 1.29 is 0 Å². The fraction of sp³-hybridized carbons (Fsp3) is 0.125. The van der Waals surface area contributed by atoms with Gasteiger partial charge in [0.15, 0.2) is 8.07 Å². The van der Waals surface area contributed by atoms with Gasteiger partial charge in [0.2, 0.25) is 0 Å². The number of allylic oxidation sites excluding steroid dienone is 9. The topological polar surface area (TPSA) is 9.86 Å². The van der Waals surface area contributed by atoms with Crippen LogP contribution < -0.4 is 10.4 Å². The number of rotatable bonds is 6. The highest BCUT2D eigenvalue weighted by molar-refractivity contribution is 7.09. The first-order valence-corrected chi connectivity index (χ1v) is 20.6. The van der Waals surface area contributed by atoms with Crippen LogP contribution in [0, 0.1) is 0 Å². The molecule has 51 heavy (non-hydrogen) atoms. The van der Waals surface area contributed by atoms with Gasteiger partial charge in [-0.15, -0.1) is 0 Å². The SMILES string of the molecule is C1=CCC([Si](C2=CCCC=C2)(c2ccccc2)c2cc(-n3c4c(c5ccccc53)CCC=C4)cc(-n3c4ccccc4c4ccccc43)c2)C=C1. The Hall–Kier alpha value is -5.64. The second kappa shape index (κ2) is 12.3. The van der Waals surface area contributed by atoms with Gasteiger partial charge in [-0.2, -0.15) is 0 Å². The Morgan fingerprint density at radius 1 is 0.529 bits per heavy atom. The van der Waals surface area contributed by atoms with Crippen molar-refractivity contribution in [1.29, 1.82) is 0 Å². The molecule has 2 atom stereocenters. The molecular weight excluding hydrogens is 633 g/mol. The Labute approximate surface area is 300 Å². The predicted molar refractivity (Wildman–Crippen MR) is 220 cm³/mol. The molecule has 5 aromatic carbocycles. The van der Waals surface area contributed by atoms with Crippen molar-refractivity contribution in [3.8, 4) is 11.4 Å². The van der Waals surface area contributed by atoms with Crippen LogP contribution in [-0.4, -0.2) is 17.2 Å². The van der Waals surface area contributed by atoms with Crippen molar-refractivity contribution in [3.63, 3.8) is 0 Å². The van der Waals surface area contributed by atoms with E-state index in [0.717, 1.165) is 32.1 Å². The maximum absolute atomic E-state index is 2.68. The van der Waals surface area contributed by atoms with Gasteiger partial charge in [0.25, 0.3) is 0 Å². The third kappa shape index (κ3) is 4.68. The van der Waals surface area contributed by atoms with Crippen LogP contribution in [-0.2, 0) is 6.42 Å². The Balaban J connectivity index is 1.37. The van der Waals surface area contributed by atoms with Gasteiger partial charge in [0.1, 0.15) is 0 Å². The largest absolute Gasteiger partial charge is 0.310 e. The molecular formula is C48H40N2Si. The number of fused-ring (bicyclic) bond motifs is 6. The Bertz CT molecular complexity index is 2570. The highest BCUT2D eigenvalue weighted by Crippen LogP contribution is 2.40. The summed E-state index contributed by atoms with van der Waals surface area (Å²) in [6, 6.07) is 46.0. The molecule has 0 saturated heterocycles. The van der Waals surface area contributed by atoms with Gasteiger partial charge in [-0.3, -0.25) is 0 Å². The van der Waals surface area contributed by atoms with E-state index in [4.69, 9.17) is 0 Å². The molecule has 3 aliphatic carbocycles. The minimum absolute atomic E-state index is 0.371. The van der Waals surface area contributed by atoms with Gasteiger partial charge in [0, 0.05) is 33.2 Å². The summed E-state index contributed by atoms with van der Waals surface area (Å²) in [5, 5.41) is 8.39. The van der Waals surface area contributed by atoms with Crippen LogP contribution in [0.4, 0.5) is 0 Å². The Kier molecular flexibility index (Phi) is 7.28. The number of hydrogen-bond acceptors (Lipinski definition) is 0. The molecule has 0 aliphatic heterocycles.